The summed E-state index contributed by atoms with van der Waals surface area (Å²) in [7, 11) is 0. The summed E-state index contributed by atoms with van der Waals surface area (Å²) in [6.07, 6.45) is 3.93. The van der Waals surface area contributed by atoms with Gasteiger partial charge in [-0.05, 0) is 30.3 Å². The lowest BCUT2D eigenvalue weighted by Gasteiger charge is -2.36. The SMILES string of the molecule is O=C(Nc1cccc(-n2cccc2)c1)N1CCN2C(=O)NC[C@H]2C1. The van der Waals surface area contributed by atoms with Crippen LogP contribution < -0.4 is 10.6 Å². The Morgan fingerprint density at radius 1 is 1.17 bits per heavy atom. The molecular weight excluding hydrogens is 306 g/mol. The van der Waals surface area contributed by atoms with Crippen LogP contribution >= 0.6 is 0 Å². The molecule has 4 rings (SSSR count). The number of nitrogens with one attached hydrogen (secondary N) is 2. The highest BCUT2D eigenvalue weighted by atomic mass is 16.2. The van der Waals surface area contributed by atoms with Gasteiger partial charge in [-0.1, -0.05) is 6.07 Å². The highest BCUT2D eigenvalue weighted by molar-refractivity contribution is 5.90. The molecule has 0 saturated carbocycles. The van der Waals surface area contributed by atoms with Crippen molar-refractivity contribution in [2.24, 2.45) is 0 Å². The van der Waals surface area contributed by atoms with Crippen LogP contribution in [-0.4, -0.2) is 58.7 Å². The van der Waals surface area contributed by atoms with Gasteiger partial charge in [-0.15, -0.1) is 0 Å². The molecule has 124 valence electrons. The minimum atomic E-state index is -0.126. The Labute approximate surface area is 139 Å². The Hall–Kier alpha value is -2.96. The van der Waals surface area contributed by atoms with E-state index in [1.54, 1.807) is 9.80 Å². The number of fused-ring (bicyclic) bond motifs is 1. The first-order valence-corrected chi connectivity index (χ1v) is 8.04. The molecule has 2 aromatic rings. The van der Waals surface area contributed by atoms with Crippen molar-refractivity contribution in [1.29, 1.82) is 0 Å². The lowest BCUT2D eigenvalue weighted by molar-refractivity contribution is 0.136. The number of rotatable bonds is 2. The zero-order valence-corrected chi connectivity index (χ0v) is 13.2. The molecule has 0 spiro atoms. The van der Waals surface area contributed by atoms with Gasteiger partial charge in [0.25, 0.3) is 0 Å². The predicted molar refractivity (Wildman–Crippen MR) is 90.3 cm³/mol. The third-order valence-corrected chi connectivity index (χ3v) is 4.52. The maximum atomic E-state index is 12.5. The van der Waals surface area contributed by atoms with E-state index in [4.69, 9.17) is 0 Å². The molecular formula is C17H19N5O2. The number of carbonyl (C=O) groups is 2. The zero-order valence-electron chi connectivity index (χ0n) is 13.2. The summed E-state index contributed by atoms with van der Waals surface area (Å²) >= 11 is 0. The molecule has 0 radical (unpaired) electrons. The second-order valence-corrected chi connectivity index (χ2v) is 6.05. The fourth-order valence-electron chi connectivity index (χ4n) is 3.24. The minimum Gasteiger partial charge on any atom is -0.336 e. The third kappa shape index (κ3) is 2.68. The lowest BCUT2D eigenvalue weighted by Crippen LogP contribution is -2.54. The van der Waals surface area contributed by atoms with E-state index in [0.717, 1.165) is 11.4 Å². The first-order chi connectivity index (χ1) is 11.7. The molecule has 0 aliphatic carbocycles. The molecule has 24 heavy (non-hydrogen) atoms. The largest absolute Gasteiger partial charge is 0.336 e. The molecule has 3 heterocycles. The smallest absolute Gasteiger partial charge is 0.321 e. The second-order valence-electron chi connectivity index (χ2n) is 6.05. The first kappa shape index (κ1) is 14.6. The van der Waals surface area contributed by atoms with Gasteiger partial charge in [0, 0.05) is 49.9 Å². The Morgan fingerprint density at radius 2 is 2.00 bits per heavy atom. The van der Waals surface area contributed by atoms with Crippen LogP contribution in [0, 0.1) is 0 Å². The van der Waals surface area contributed by atoms with Gasteiger partial charge < -0.3 is 25.0 Å². The number of urea groups is 2. The molecule has 2 N–H and O–H groups in total. The normalized spacial score (nSPS) is 19.8. The Kier molecular flexibility index (Phi) is 3.60. The van der Waals surface area contributed by atoms with E-state index >= 15 is 0 Å². The van der Waals surface area contributed by atoms with Gasteiger partial charge in [-0.3, -0.25) is 0 Å². The summed E-state index contributed by atoms with van der Waals surface area (Å²) in [4.78, 5) is 27.7. The van der Waals surface area contributed by atoms with Gasteiger partial charge in [0.1, 0.15) is 0 Å². The number of hydrogen-bond donors (Lipinski definition) is 2. The molecule has 0 bridgehead atoms. The zero-order chi connectivity index (χ0) is 16.5. The van der Waals surface area contributed by atoms with Crippen LogP contribution in [-0.2, 0) is 0 Å². The van der Waals surface area contributed by atoms with Gasteiger partial charge in [0.15, 0.2) is 0 Å². The standard InChI is InChI=1S/C17H19N5O2/c23-16-18-11-15-12-21(8-9-22(15)16)17(24)19-13-4-3-5-14(10-13)20-6-1-2-7-20/h1-7,10,15H,8-9,11-12H2,(H,18,23)(H,19,24)/t15-/m0/s1. The van der Waals surface area contributed by atoms with Gasteiger partial charge in [-0.25, -0.2) is 9.59 Å². The average Bonchev–Trinajstić information content (AvgIpc) is 3.25. The number of hydrogen-bond acceptors (Lipinski definition) is 2. The van der Waals surface area contributed by atoms with Gasteiger partial charge >= 0.3 is 12.1 Å². The summed E-state index contributed by atoms with van der Waals surface area (Å²) in [5, 5.41) is 5.77. The summed E-state index contributed by atoms with van der Waals surface area (Å²) in [5.74, 6) is 0. The number of piperazine rings is 1. The molecule has 1 atom stereocenters. The summed E-state index contributed by atoms with van der Waals surface area (Å²) in [5.41, 5.74) is 1.75. The van der Waals surface area contributed by atoms with Crippen molar-refractivity contribution in [2.75, 3.05) is 31.5 Å². The molecule has 1 aromatic heterocycles. The van der Waals surface area contributed by atoms with E-state index in [9.17, 15) is 9.59 Å². The highest BCUT2D eigenvalue weighted by Gasteiger charge is 2.36. The molecule has 1 aromatic carbocycles. The van der Waals surface area contributed by atoms with Crippen LogP contribution in [0.3, 0.4) is 0 Å². The Morgan fingerprint density at radius 3 is 2.83 bits per heavy atom. The van der Waals surface area contributed by atoms with Crippen molar-refractivity contribution < 1.29 is 9.59 Å². The lowest BCUT2D eigenvalue weighted by atomic mass is 10.2. The fraction of sp³-hybridized carbons (Fsp3) is 0.294. The summed E-state index contributed by atoms with van der Waals surface area (Å²) < 4.78 is 1.99. The quantitative estimate of drug-likeness (QED) is 0.883. The van der Waals surface area contributed by atoms with E-state index in [-0.39, 0.29) is 18.1 Å². The van der Waals surface area contributed by atoms with E-state index in [2.05, 4.69) is 10.6 Å². The molecule has 2 aliphatic heterocycles. The Bertz CT molecular complexity index is 758. The second kappa shape index (κ2) is 5.92. The number of carbonyl (C=O) groups excluding carboxylic acids is 2. The van der Waals surface area contributed by atoms with Crippen LogP contribution in [0.1, 0.15) is 0 Å². The van der Waals surface area contributed by atoms with Crippen molar-refractivity contribution >= 4 is 17.7 Å². The molecule has 2 aliphatic rings. The Balaban J connectivity index is 1.43. The van der Waals surface area contributed by atoms with Gasteiger partial charge in [0.05, 0.1) is 6.04 Å². The van der Waals surface area contributed by atoms with Crippen LogP contribution in [0.2, 0.25) is 0 Å². The van der Waals surface area contributed by atoms with E-state index in [0.29, 0.717) is 26.2 Å². The van der Waals surface area contributed by atoms with Crippen LogP contribution in [0.15, 0.2) is 48.8 Å². The van der Waals surface area contributed by atoms with Crippen molar-refractivity contribution in [3.63, 3.8) is 0 Å². The average molecular weight is 325 g/mol. The van der Waals surface area contributed by atoms with Gasteiger partial charge in [0.2, 0.25) is 0 Å². The molecule has 0 unspecified atom stereocenters. The number of anilines is 1. The highest BCUT2D eigenvalue weighted by Crippen LogP contribution is 2.18. The molecule has 2 saturated heterocycles. The topological polar surface area (TPSA) is 69.6 Å². The maximum Gasteiger partial charge on any atom is 0.321 e. The monoisotopic (exact) mass is 325 g/mol. The van der Waals surface area contributed by atoms with E-state index in [1.165, 1.54) is 0 Å². The number of benzene rings is 1. The third-order valence-electron chi connectivity index (χ3n) is 4.52. The first-order valence-electron chi connectivity index (χ1n) is 8.04. The maximum absolute atomic E-state index is 12.5. The van der Waals surface area contributed by atoms with Crippen LogP contribution in [0.25, 0.3) is 5.69 Å². The number of amides is 4. The van der Waals surface area contributed by atoms with Gasteiger partial charge in [-0.2, -0.15) is 0 Å². The van der Waals surface area contributed by atoms with Crippen molar-refractivity contribution in [1.82, 2.24) is 19.7 Å². The molecule has 2 fully saturated rings. The van der Waals surface area contributed by atoms with Crippen molar-refractivity contribution in [3.05, 3.63) is 48.8 Å². The molecule has 7 nitrogen and oxygen atoms in total. The minimum absolute atomic E-state index is 0.0283. The van der Waals surface area contributed by atoms with Crippen molar-refractivity contribution in [2.45, 2.75) is 6.04 Å². The van der Waals surface area contributed by atoms with E-state index < -0.39 is 0 Å². The fourth-order valence-corrected chi connectivity index (χ4v) is 3.24. The molecule has 4 amide bonds. The summed E-state index contributed by atoms with van der Waals surface area (Å²) in [6.45, 7) is 2.29. The van der Waals surface area contributed by atoms with E-state index in [1.807, 2.05) is 53.4 Å². The van der Waals surface area contributed by atoms with Crippen LogP contribution in [0.5, 0.6) is 0 Å². The van der Waals surface area contributed by atoms with Crippen molar-refractivity contribution in [3.8, 4) is 5.69 Å². The summed E-state index contributed by atoms with van der Waals surface area (Å²) in [6, 6.07) is 11.6. The number of nitrogens with zero attached hydrogens (tertiary/aromatic N) is 3. The van der Waals surface area contributed by atoms with Crippen LogP contribution in [0.4, 0.5) is 15.3 Å². The molecule has 7 heteroatoms. The predicted octanol–water partition coefficient (Wildman–Crippen LogP) is 1.72. The number of aromatic nitrogens is 1.